The lowest BCUT2D eigenvalue weighted by atomic mass is 10.1. The maximum Gasteiger partial charge on any atom is 0.263 e. The first-order chi connectivity index (χ1) is 9.90. The predicted octanol–water partition coefficient (Wildman–Crippen LogP) is 3.34. The van der Waals surface area contributed by atoms with Crippen molar-refractivity contribution in [2.75, 3.05) is 5.32 Å². The summed E-state index contributed by atoms with van der Waals surface area (Å²) >= 11 is 8.93. The highest BCUT2D eigenvalue weighted by Gasteiger charge is 2.17. The summed E-state index contributed by atoms with van der Waals surface area (Å²) in [6.45, 7) is 0. The number of anilines is 1. The van der Waals surface area contributed by atoms with Gasteiger partial charge in [-0.25, -0.2) is 0 Å². The highest BCUT2D eigenvalue weighted by atomic mass is 79.9. The van der Waals surface area contributed by atoms with E-state index in [1.807, 2.05) is 0 Å². The third-order valence-electron chi connectivity index (χ3n) is 2.60. The van der Waals surface area contributed by atoms with Gasteiger partial charge in [0.1, 0.15) is 0 Å². The SMILES string of the molecule is O=C(Nc1ccccc1Cl)c1cc(Br)cc([N+](=O)[O-])c1[O-]. The van der Waals surface area contributed by atoms with Crippen LogP contribution < -0.4 is 10.4 Å². The van der Waals surface area contributed by atoms with Crippen molar-refractivity contribution < 1.29 is 14.8 Å². The standard InChI is InChI=1S/C13H8BrClN2O4/c14-7-5-8(12(18)11(6-7)17(20)21)13(19)16-10-4-2-1-3-9(10)15/h1-6,18H,(H,16,19)/p-1. The zero-order valence-electron chi connectivity index (χ0n) is 10.3. The van der Waals surface area contributed by atoms with Crippen molar-refractivity contribution in [3.63, 3.8) is 0 Å². The van der Waals surface area contributed by atoms with Crippen molar-refractivity contribution in [2.24, 2.45) is 0 Å². The second-order valence-corrected chi connectivity index (χ2v) is 5.32. The fraction of sp³-hybridized carbons (Fsp3) is 0. The minimum Gasteiger partial charge on any atom is -0.867 e. The number of nitro benzene ring substituents is 1. The Labute approximate surface area is 132 Å². The van der Waals surface area contributed by atoms with E-state index in [9.17, 15) is 20.0 Å². The fourth-order valence-corrected chi connectivity index (χ4v) is 2.26. The third-order valence-corrected chi connectivity index (χ3v) is 3.38. The molecule has 0 aromatic heterocycles. The van der Waals surface area contributed by atoms with Crippen LogP contribution in [-0.4, -0.2) is 10.8 Å². The molecule has 0 spiro atoms. The number of nitrogens with zero attached hydrogens (tertiary/aromatic N) is 1. The number of rotatable bonds is 3. The first-order valence-corrected chi connectivity index (χ1v) is 6.78. The van der Waals surface area contributed by atoms with E-state index >= 15 is 0 Å². The Morgan fingerprint density at radius 3 is 2.57 bits per heavy atom. The third kappa shape index (κ3) is 3.32. The number of benzene rings is 2. The predicted molar refractivity (Wildman–Crippen MR) is 79.6 cm³/mol. The molecule has 0 atom stereocenters. The molecule has 0 fully saturated rings. The summed E-state index contributed by atoms with van der Waals surface area (Å²) in [7, 11) is 0. The molecular formula is C13H7BrClN2O4-. The van der Waals surface area contributed by atoms with Gasteiger partial charge < -0.3 is 10.4 Å². The average Bonchev–Trinajstić information content (AvgIpc) is 2.43. The van der Waals surface area contributed by atoms with Crippen LogP contribution in [0.3, 0.4) is 0 Å². The lowest BCUT2D eigenvalue weighted by Gasteiger charge is -2.14. The first kappa shape index (κ1) is 15.3. The number of carbonyl (C=O) groups is 1. The fourth-order valence-electron chi connectivity index (χ4n) is 1.64. The number of hydrogen-bond acceptors (Lipinski definition) is 4. The van der Waals surface area contributed by atoms with Crippen LogP contribution in [0.25, 0.3) is 0 Å². The van der Waals surface area contributed by atoms with E-state index in [4.69, 9.17) is 11.6 Å². The highest BCUT2D eigenvalue weighted by molar-refractivity contribution is 9.10. The molecule has 0 aliphatic rings. The average molecular weight is 371 g/mol. The molecule has 108 valence electrons. The number of carbonyl (C=O) groups excluding carboxylic acids is 1. The van der Waals surface area contributed by atoms with Crippen molar-refractivity contribution in [2.45, 2.75) is 0 Å². The molecule has 0 aliphatic carbocycles. The van der Waals surface area contributed by atoms with Gasteiger partial charge in [0.05, 0.1) is 15.6 Å². The number of halogens is 2. The van der Waals surface area contributed by atoms with Crippen molar-refractivity contribution in [1.82, 2.24) is 0 Å². The van der Waals surface area contributed by atoms with Crippen LogP contribution in [0.5, 0.6) is 5.75 Å². The monoisotopic (exact) mass is 369 g/mol. The summed E-state index contributed by atoms with van der Waals surface area (Å²) in [6, 6.07) is 8.73. The largest absolute Gasteiger partial charge is 0.867 e. The Morgan fingerprint density at radius 2 is 1.95 bits per heavy atom. The molecule has 1 N–H and O–H groups in total. The van der Waals surface area contributed by atoms with Crippen LogP contribution in [-0.2, 0) is 0 Å². The lowest BCUT2D eigenvalue weighted by Crippen LogP contribution is -2.15. The van der Waals surface area contributed by atoms with Crippen LogP contribution in [0, 0.1) is 10.1 Å². The van der Waals surface area contributed by atoms with Gasteiger partial charge in [0, 0.05) is 16.1 Å². The van der Waals surface area contributed by atoms with Gasteiger partial charge in [-0.05, 0) is 23.9 Å². The molecule has 0 radical (unpaired) electrons. The second kappa shape index (κ2) is 6.11. The summed E-state index contributed by atoms with van der Waals surface area (Å²) in [5.41, 5.74) is -0.698. The normalized spacial score (nSPS) is 10.2. The first-order valence-electron chi connectivity index (χ1n) is 5.61. The Kier molecular flexibility index (Phi) is 4.44. The maximum absolute atomic E-state index is 12.1. The van der Waals surface area contributed by atoms with E-state index in [1.165, 1.54) is 6.07 Å². The van der Waals surface area contributed by atoms with E-state index in [1.54, 1.807) is 24.3 Å². The van der Waals surface area contributed by atoms with Crippen molar-refractivity contribution in [3.8, 4) is 5.75 Å². The number of hydrogen-bond donors (Lipinski definition) is 1. The molecule has 0 bridgehead atoms. The summed E-state index contributed by atoms with van der Waals surface area (Å²) in [5.74, 6) is -1.72. The van der Waals surface area contributed by atoms with E-state index < -0.39 is 22.3 Å². The molecule has 21 heavy (non-hydrogen) atoms. The summed E-state index contributed by atoms with van der Waals surface area (Å²) in [4.78, 5) is 22.1. The van der Waals surface area contributed by atoms with E-state index in [0.717, 1.165) is 6.07 Å². The van der Waals surface area contributed by atoms with Gasteiger partial charge in [-0.15, -0.1) is 0 Å². The van der Waals surface area contributed by atoms with Crippen LogP contribution in [0.15, 0.2) is 40.9 Å². The molecule has 0 unspecified atom stereocenters. The van der Waals surface area contributed by atoms with Crippen LogP contribution >= 0.6 is 27.5 Å². The van der Waals surface area contributed by atoms with Gasteiger partial charge in [0.15, 0.2) is 0 Å². The smallest absolute Gasteiger partial charge is 0.263 e. The quantitative estimate of drug-likeness (QED) is 0.662. The Hall–Kier alpha value is -2.12. The Balaban J connectivity index is 2.40. The highest BCUT2D eigenvalue weighted by Crippen LogP contribution is 2.32. The van der Waals surface area contributed by atoms with Crippen LogP contribution in [0.1, 0.15) is 10.4 Å². The van der Waals surface area contributed by atoms with Gasteiger partial charge in [-0.3, -0.25) is 14.9 Å². The zero-order valence-corrected chi connectivity index (χ0v) is 12.6. The zero-order chi connectivity index (χ0) is 15.6. The van der Waals surface area contributed by atoms with Gasteiger partial charge in [0.2, 0.25) is 0 Å². The Bertz CT molecular complexity index is 736. The summed E-state index contributed by atoms with van der Waals surface area (Å²) in [5, 5.41) is 25.5. The number of nitro groups is 1. The molecule has 0 saturated heterocycles. The van der Waals surface area contributed by atoms with Gasteiger partial charge in [0.25, 0.3) is 11.6 Å². The van der Waals surface area contributed by atoms with Crippen LogP contribution in [0.2, 0.25) is 5.02 Å². The molecular weight excluding hydrogens is 364 g/mol. The summed E-state index contributed by atoms with van der Waals surface area (Å²) < 4.78 is 0.262. The molecule has 2 rings (SSSR count). The van der Waals surface area contributed by atoms with E-state index in [-0.39, 0.29) is 10.0 Å². The molecule has 1 amide bonds. The summed E-state index contributed by atoms with van der Waals surface area (Å²) in [6.07, 6.45) is 0. The number of para-hydroxylation sites is 1. The molecule has 2 aromatic rings. The topological polar surface area (TPSA) is 95.3 Å². The number of amides is 1. The lowest BCUT2D eigenvalue weighted by molar-refractivity contribution is -0.398. The van der Waals surface area contributed by atoms with Gasteiger partial charge >= 0.3 is 0 Å². The minimum absolute atomic E-state index is 0.262. The number of nitrogens with one attached hydrogen (secondary N) is 1. The molecule has 0 saturated carbocycles. The van der Waals surface area contributed by atoms with E-state index in [0.29, 0.717) is 10.7 Å². The van der Waals surface area contributed by atoms with Gasteiger partial charge in [-0.1, -0.05) is 39.7 Å². The molecule has 2 aromatic carbocycles. The second-order valence-electron chi connectivity index (χ2n) is 3.99. The molecule has 6 nitrogen and oxygen atoms in total. The van der Waals surface area contributed by atoms with Gasteiger partial charge in [-0.2, -0.15) is 0 Å². The molecule has 0 heterocycles. The minimum atomic E-state index is -0.951. The van der Waals surface area contributed by atoms with Crippen molar-refractivity contribution in [1.29, 1.82) is 0 Å². The van der Waals surface area contributed by atoms with E-state index in [2.05, 4.69) is 21.2 Å². The molecule has 0 aliphatic heterocycles. The Morgan fingerprint density at radius 1 is 1.29 bits per heavy atom. The molecule has 8 heteroatoms. The van der Waals surface area contributed by atoms with Crippen LogP contribution in [0.4, 0.5) is 11.4 Å². The van der Waals surface area contributed by atoms with Crippen molar-refractivity contribution >= 4 is 44.8 Å². The van der Waals surface area contributed by atoms with Crippen molar-refractivity contribution in [3.05, 3.63) is 61.6 Å². The maximum atomic E-state index is 12.1.